The van der Waals surface area contributed by atoms with Crippen molar-refractivity contribution in [1.29, 1.82) is 0 Å². The number of hydrogen-bond acceptors (Lipinski definition) is 5. The Labute approximate surface area is 133 Å². The summed E-state index contributed by atoms with van der Waals surface area (Å²) in [7, 11) is 3.97. The first-order chi connectivity index (χ1) is 10.3. The summed E-state index contributed by atoms with van der Waals surface area (Å²) in [6.45, 7) is 1.38. The molecule has 2 rings (SSSR count). The van der Waals surface area contributed by atoms with Crippen LogP contribution >= 0.6 is 11.8 Å². The summed E-state index contributed by atoms with van der Waals surface area (Å²) in [6, 6.07) is -0.606. The van der Waals surface area contributed by atoms with Crippen molar-refractivity contribution >= 4 is 23.6 Å². The maximum Gasteiger partial charge on any atom is 0.352 e. The molecule has 2 atom stereocenters. The number of amides is 1. The topological polar surface area (TPSA) is 104 Å². The van der Waals surface area contributed by atoms with Crippen LogP contribution in [-0.2, 0) is 9.59 Å². The predicted octanol–water partition coefficient (Wildman–Crippen LogP) is -0.808. The number of carboxylic acid groups (broad SMARTS) is 1. The van der Waals surface area contributed by atoms with Gasteiger partial charge in [0.2, 0.25) is 5.91 Å². The Morgan fingerprint density at radius 2 is 2.23 bits per heavy atom. The highest BCUT2D eigenvalue weighted by Gasteiger charge is 2.51. The van der Waals surface area contributed by atoms with Crippen molar-refractivity contribution in [3.05, 3.63) is 23.4 Å². The van der Waals surface area contributed by atoms with Crippen LogP contribution in [0, 0.1) is 0 Å². The van der Waals surface area contributed by atoms with Gasteiger partial charge in [0.1, 0.15) is 23.7 Å². The van der Waals surface area contributed by atoms with Crippen LogP contribution in [0.3, 0.4) is 0 Å². The predicted molar refractivity (Wildman–Crippen MR) is 83.8 cm³/mol. The molecule has 0 aromatic rings. The summed E-state index contributed by atoms with van der Waals surface area (Å²) in [5.41, 5.74) is 6.37. The molecule has 1 amide bonds. The van der Waals surface area contributed by atoms with Crippen LogP contribution in [0.2, 0.25) is 0 Å². The van der Waals surface area contributed by atoms with E-state index in [2.05, 4.69) is 0 Å². The van der Waals surface area contributed by atoms with Crippen molar-refractivity contribution in [2.24, 2.45) is 5.73 Å². The third kappa shape index (κ3) is 3.19. The average molecular weight is 328 g/mol. The molecule has 122 valence electrons. The molecule has 8 heteroatoms. The number of carboxylic acids is 1. The number of aliphatic hydroxyl groups excluding tert-OH is 1. The molecular weight excluding hydrogens is 306 g/mol. The number of carbonyl (C=O) groups is 2. The number of aliphatic carboxylic acids is 1. The quantitative estimate of drug-likeness (QED) is 0.435. The summed E-state index contributed by atoms with van der Waals surface area (Å²) in [5.74, 6) is -0.917. The van der Waals surface area contributed by atoms with Crippen LogP contribution in [-0.4, -0.2) is 82.4 Å². The fraction of sp³-hybridized carbons (Fsp3) is 0.571. The molecule has 4 N–H and O–H groups in total. The molecule has 0 aromatic heterocycles. The standard InChI is InChI=1S/C14H21N3O4S/c1-17(2,6-7-18)5-3-4-9-8-22-13-10(15)12(19)16(13)11(9)14(20)21/h3-4,10,13,18H,5-8,15H2,1-2H3/p+1/t10-,13-/m1/s1. The van der Waals surface area contributed by atoms with E-state index in [0.717, 1.165) is 0 Å². The van der Waals surface area contributed by atoms with Gasteiger partial charge in [-0.15, -0.1) is 11.8 Å². The van der Waals surface area contributed by atoms with Crippen molar-refractivity contribution in [3.63, 3.8) is 0 Å². The van der Waals surface area contributed by atoms with Crippen LogP contribution < -0.4 is 5.73 Å². The van der Waals surface area contributed by atoms with Crippen LogP contribution in [0.15, 0.2) is 23.4 Å². The van der Waals surface area contributed by atoms with Gasteiger partial charge in [-0.1, -0.05) is 6.08 Å². The molecule has 22 heavy (non-hydrogen) atoms. The van der Waals surface area contributed by atoms with E-state index in [1.807, 2.05) is 20.2 Å². The maximum atomic E-state index is 11.8. The molecule has 0 spiro atoms. The molecule has 1 saturated heterocycles. The van der Waals surface area contributed by atoms with Gasteiger partial charge in [0.25, 0.3) is 0 Å². The summed E-state index contributed by atoms with van der Waals surface area (Å²) in [4.78, 5) is 24.6. The number of rotatable bonds is 6. The SMILES string of the molecule is C[N+](C)(CC=CC1=C(C(=O)O)N2C(=O)[C@@H](N)[C@H]2SC1)CCO. The molecule has 0 radical (unpaired) electrons. The second kappa shape index (κ2) is 6.41. The maximum absolute atomic E-state index is 11.8. The van der Waals surface area contributed by atoms with Gasteiger partial charge >= 0.3 is 5.97 Å². The van der Waals surface area contributed by atoms with Gasteiger partial charge in [-0.05, 0) is 11.6 Å². The number of quaternary nitrogens is 1. The zero-order chi connectivity index (χ0) is 16.5. The fourth-order valence-corrected chi connectivity index (χ4v) is 3.78. The van der Waals surface area contributed by atoms with Crippen LogP contribution in [0.4, 0.5) is 0 Å². The second-order valence-corrected chi connectivity index (χ2v) is 7.19. The average Bonchev–Trinajstić information content (AvgIpc) is 2.45. The highest BCUT2D eigenvalue weighted by molar-refractivity contribution is 8.00. The van der Waals surface area contributed by atoms with E-state index in [-0.39, 0.29) is 23.6 Å². The van der Waals surface area contributed by atoms with Crippen LogP contribution in [0.5, 0.6) is 0 Å². The van der Waals surface area contributed by atoms with Crippen LogP contribution in [0.25, 0.3) is 0 Å². The molecule has 2 aliphatic heterocycles. The minimum absolute atomic E-state index is 0.0409. The van der Waals surface area contributed by atoms with Crippen molar-refractivity contribution in [3.8, 4) is 0 Å². The lowest BCUT2D eigenvalue weighted by molar-refractivity contribution is -0.884. The molecule has 1 fully saturated rings. The highest BCUT2D eigenvalue weighted by atomic mass is 32.2. The Hall–Kier alpha value is -1.35. The van der Waals surface area contributed by atoms with Crippen molar-refractivity contribution < 1.29 is 24.3 Å². The Balaban J connectivity index is 2.17. The van der Waals surface area contributed by atoms with E-state index in [4.69, 9.17) is 10.8 Å². The van der Waals surface area contributed by atoms with Crippen LogP contribution in [0.1, 0.15) is 0 Å². The van der Waals surface area contributed by atoms with Crippen molar-refractivity contribution in [2.45, 2.75) is 11.4 Å². The van der Waals surface area contributed by atoms with E-state index >= 15 is 0 Å². The van der Waals surface area contributed by atoms with E-state index < -0.39 is 12.0 Å². The Kier molecular flexibility index (Phi) is 4.96. The lowest BCUT2D eigenvalue weighted by Crippen LogP contribution is -2.68. The van der Waals surface area contributed by atoms with E-state index in [9.17, 15) is 14.7 Å². The zero-order valence-corrected chi connectivity index (χ0v) is 13.5. The summed E-state index contributed by atoms with van der Waals surface area (Å²) in [5, 5.41) is 18.1. The molecule has 2 aliphatic rings. The van der Waals surface area contributed by atoms with E-state index in [1.54, 1.807) is 6.08 Å². The lowest BCUT2D eigenvalue weighted by atomic mass is 10.0. The molecule has 0 aromatic carbocycles. The highest BCUT2D eigenvalue weighted by Crippen LogP contribution is 2.39. The molecule has 0 aliphatic carbocycles. The summed E-state index contributed by atoms with van der Waals surface area (Å²) in [6.07, 6.45) is 3.65. The Morgan fingerprint density at radius 1 is 1.55 bits per heavy atom. The number of allylic oxidation sites excluding steroid dienone is 1. The second-order valence-electron chi connectivity index (χ2n) is 6.08. The van der Waals surface area contributed by atoms with Gasteiger partial charge < -0.3 is 20.4 Å². The number of aliphatic hydroxyl groups is 1. The van der Waals surface area contributed by atoms with E-state index in [0.29, 0.717) is 28.9 Å². The van der Waals surface area contributed by atoms with Crippen molar-refractivity contribution in [1.82, 2.24) is 4.90 Å². The normalized spacial score (nSPS) is 25.5. The number of fused-ring (bicyclic) bond motifs is 1. The molecule has 0 unspecified atom stereocenters. The molecular formula is C14H22N3O4S+. The number of carbonyl (C=O) groups excluding carboxylic acids is 1. The largest absolute Gasteiger partial charge is 0.477 e. The fourth-order valence-electron chi connectivity index (χ4n) is 2.51. The number of thioether (sulfide) groups is 1. The van der Waals surface area contributed by atoms with Gasteiger partial charge in [0.15, 0.2) is 0 Å². The summed E-state index contributed by atoms with van der Waals surface area (Å²) < 4.78 is 0.603. The first-order valence-electron chi connectivity index (χ1n) is 7.04. The first kappa shape index (κ1) is 17.0. The molecule has 2 heterocycles. The smallest absolute Gasteiger partial charge is 0.352 e. The van der Waals surface area contributed by atoms with Gasteiger partial charge in [0.05, 0.1) is 27.2 Å². The van der Waals surface area contributed by atoms with E-state index in [1.165, 1.54) is 16.7 Å². The number of β-lactam (4-membered cyclic amide) rings is 1. The zero-order valence-electron chi connectivity index (χ0n) is 12.7. The number of nitrogens with two attached hydrogens (primary N) is 1. The Bertz CT molecular complexity index is 544. The number of likely N-dealkylation sites (N-methyl/N-ethyl adjacent to an activating group) is 1. The lowest BCUT2D eigenvalue weighted by Gasteiger charge is -2.47. The Morgan fingerprint density at radius 3 is 2.82 bits per heavy atom. The van der Waals surface area contributed by atoms with Crippen molar-refractivity contribution in [2.75, 3.05) is 39.5 Å². The van der Waals surface area contributed by atoms with Gasteiger partial charge in [0, 0.05) is 5.75 Å². The minimum Gasteiger partial charge on any atom is -0.477 e. The molecule has 7 nitrogen and oxygen atoms in total. The molecule has 0 bridgehead atoms. The third-order valence-corrected chi connectivity index (χ3v) is 5.19. The van der Waals surface area contributed by atoms with Gasteiger partial charge in [-0.3, -0.25) is 9.69 Å². The number of hydrogen-bond donors (Lipinski definition) is 3. The molecule has 0 saturated carbocycles. The monoisotopic (exact) mass is 328 g/mol. The number of nitrogens with zero attached hydrogens (tertiary/aromatic N) is 2. The summed E-state index contributed by atoms with van der Waals surface area (Å²) >= 11 is 1.48. The third-order valence-electron chi connectivity index (χ3n) is 3.87. The van der Waals surface area contributed by atoms with Gasteiger partial charge in [-0.25, -0.2) is 4.79 Å². The minimum atomic E-state index is -1.10. The van der Waals surface area contributed by atoms with Gasteiger partial charge in [-0.2, -0.15) is 0 Å². The first-order valence-corrected chi connectivity index (χ1v) is 8.09.